The lowest BCUT2D eigenvalue weighted by atomic mass is 10.2. The van der Waals surface area contributed by atoms with Crippen molar-refractivity contribution in [2.75, 3.05) is 26.2 Å². The van der Waals surface area contributed by atoms with Crippen molar-refractivity contribution in [2.24, 2.45) is 5.92 Å². The molecule has 2 aromatic heterocycles. The van der Waals surface area contributed by atoms with Crippen LogP contribution in [-0.2, 0) is 11.3 Å². The second kappa shape index (κ2) is 5.85. The molecule has 1 aliphatic heterocycles. The van der Waals surface area contributed by atoms with E-state index in [4.69, 9.17) is 8.94 Å². The Morgan fingerprint density at radius 1 is 1.35 bits per heavy atom. The highest BCUT2D eigenvalue weighted by Gasteiger charge is 2.47. The smallest absolute Gasteiger partial charge is 0.226 e. The van der Waals surface area contributed by atoms with Gasteiger partial charge < -0.3 is 13.8 Å². The van der Waals surface area contributed by atoms with Gasteiger partial charge in [0.25, 0.3) is 0 Å². The van der Waals surface area contributed by atoms with Gasteiger partial charge in [0.15, 0.2) is 0 Å². The number of piperazine rings is 1. The van der Waals surface area contributed by atoms with Crippen LogP contribution < -0.4 is 0 Å². The molecule has 1 aliphatic carbocycles. The third kappa shape index (κ3) is 3.03. The summed E-state index contributed by atoms with van der Waals surface area (Å²) in [5.41, 5.74) is 0.961. The van der Waals surface area contributed by atoms with Crippen LogP contribution >= 0.6 is 0 Å². The summed E-state index contributed by atoms with van der Waals surface area (Å²) >= 11 is 0. The number of furan rings is 1. The van der Waals surface area contributed by atoms with E-state index in [1.165, 1.54) is 0 Å². The SMILES string of the molecule is Cc1cc(CN2CCN(C(=O)[C@@H]3C[C@H]3c3ccco3)CC2)no1. The van der Waals surface area contributed by atoms with E-state index in [1.54, 1.807) is 6.26 Å². The van der Waals surface area contributed by atoms with Crippen LogP contribution in [0.4, 0.5) is 0 Å². The summed E-state index contributed by atoms with van der Waals surface area (Å²) in [5.74, 6) is 2.47. The molecule has 1 saturated heterocycles. The molecule has 3 heterocycles. The summed E-state index contributed by atoms with van der Waals surface area (Å²) in [5, 5.41) is 4.03. The summed E-state index contributed by atoms with van der Waals surface area (Å²) < 4.78 is 10.5. The quantitative estimate of drug-likeness (QED) is 0.864. The van der Waals surface area contributed by atoms with E-state index >= 15 is 0 Å². The topological polar surface area (TPSA) is 62.7 Å². The predicted octanol–water partition coefficient (Wildman–Crippen LogP) is 2.02. The molecule has 0 spiro atoms. The summed E-state index contributed by atoms with van der Waals surface area (Å²) in [6, 6.07) is 5.82. The zero-order chi connectivity index (χ0) is 15.8. The zero-order valence-electron chi connectivity index (χ0n) is 13.3. The highest BCUT2D eigenvalue weighted by molar-refractivity contribution is 5.83. The molecule has 1 amide bonds. The highest BCUT2D eigenvalue weighted by Crippen LogP contribution is 2.48. The summed E-state index contributed by atoms with van der Waals surface area (Å²) in [6.45, 7) is 6.04. The molecule has 23 heavy (non-hydrogen) atoms. The Balaban J connectivity index is 1.27. The maximum absolute atomic E-state index is 12.6. The Morgan fingerprint density at radius 3 is 2.83 bits per heavy atom. The van der Waals surface area contributed by atoms with E-state index in [1.807, 2.05) is 30.0 Å². The zero-order valence-corrected chi connectivity index (χ0v) is 13.3. The standard InChI is InChI=1S/C17H21N3O3/c1-12-9-13(18-23-12)11-19-4-6-20(7-5-19)17(21)15-10-14(15)16-3-2-8-22-16/h2-3,8-9,14-15H,4-7,10-11H2,1H3/t14-,15-/m1/s1. The maximum atomic E-state index is 12.6. The Morgan fingerprint density at radius 2 is 2.17 bits per heavy atom. The first-order chi connectivity index (χ1) is 11.2. The van der Waals surface area contributed by atoms with Gasteiger partial charge in [-0.3, -0.25) is 9.69 Å². The van der Waals surface area contributed by atoms with Gasteiger partial charge in [0.1, 0.15) is 11.5 Å². The van der Waals surface area contributed by atoms with Crippen LogP contribution in [0.5, 0.6) is 0 Å². The first-order valence-corrected chi connectivity index (χ1v) is 8.17. The molecule has 2 aliphatic rings. The molecule has 0 aromatic carbocycles. The van der Waals surface area contributed by atoms with Gasteiger partial charge in [-0.15, -0.1) is 0 Å². The van der Waals surface area contributed by atoms with Gasteiger partial charge in [-0.1, -0.05) is 5.16 Å². The van der Waals surface area contributed by atoms with Gasteiger partial charge in [-0.25, -0.2) is 0 Å². The van der Waals surface area contributed by atoms with Gasteiger partial charge >= 0.3 is 0 Å². The molecule has 1 saturated carbocycles. The largest absolute Gasteiger partial charge is 0.469 e. The van der Waals surface area contributed by atoms with Crippen molar-refractivity contribution in [3.05, 3.63) is 41.7 Å². The molecule has 6 nitrogen and oxygen atoms in total. The number of aryl methyl sites for hydroxylation is 1. The van der Waals surface area contributed by atoms with E-state index in [2.05, 4.69) is 10.1 Å². The van der Waals surface area contributed by atoms with Crippen molar-refractivity contribution in [2.45, 2.75) is 25.8 Å². The van der Waals surface area contributed by atoms with E-state index in [0.717, 1.165) is 56.4 Å². The summed E-state index contributed by atoms with van der Waals surface area (Å²) in [4.78, 5) is 16.9. The second-order valence-corrected chi connectivity index (χ2v) is 6.49. The third-order valence-corrected chi connectivity index (χ3v) is 4.76. The molecule has 6 heteroatoms. The van der Waals surface area contributed by atoms with E-state index in [0.29, 0.717) is 0 Å². The average molecular weight is 315 g/mol. The molecule has 2 aromatic rings. The Kier molecular flexibility index (Phi) is 3.69. The minimum atomic E-state index is 0.117. The van der Waals surface area contributed by atoms with Crippen molar-refractivity contribution in [1.29, 1.82) is 0 Å². The van der Waals surface area contributed by atoms with Crippen LogP contribution in [0.1, 0.15) is 29.6 Å². The molecule has 2 atom stereocenters. The van der Waals surface area contributed by atoms with Gasteiger partial charge in [-0.2, -0.15) is 0 Å². The number of hydrogen-bond donors (Lipinski definition) is 0. The first-order valence-electron chi connectivity index (χ1n) is 8.17. The molecule has 0 bridgehead atoms. The van der Waals surface area contributed by atoms with Gasteiger partial charge in [0.05, 0.1) is 12.0 Å². The van der Waals surface area contributed by atoms with Gasteiger partial charge in [0, 0.05) is 50.6 Å². The number of aromatic nitrogens is 1. The van der Waals surface area contributed by atoms with Crippen LogP contribution in [0, 0.1) is 12.8 Å². The Hall–Kier alpha value is -2.08. The molecular weight excluding hydrogens is 294 g/mol. The first kappa shape index (κ1) is 14.5. The molecule has 122 valence electrons. The monoisotopic (exact) mass is 315 g/mol. The Labute approximate surface area is 135 Å². The number of rotatable bonds is 4. The van der Waals surface area contributed by atoms with Crippen molar-refractivity contribution in [1.82, 2.24) is 15.0 Å². The molecule has 0 radical (unpaired) electrons. The highest BCUT2D eigenvalue weighted by atomic mass is 16.5. The number of carbonyl (C=O) groups is 1. The lowest BCUT2D eigenvalue weighted by Crippen LogP contribution is -2.48. The minimum Gasteiger partial charge on any atom is -0.469 e. The fraction of sp³-hybridized carbons (Fsp3) is 0.529. The predicted molar refractivity (Wildman–Crippen MR) is 82.7 cm³/mol. The second-order valence-electron chi connectivity index (χ2n) is 6.49. The van der Waals surface area contributed by atoms with Crippen molar-refractivity contribution < 1.29 is 13.7 Å². The number of hydrogen-bond acceptors (Lipinski definition) is 5. The fourth-order valence-electron chi connectivity index (χ4n) is 3.37. The molecule has 0 unspecified atom stereocenters. The Bertz CT molecular complexity index is 671. The van der Waals surface area contributed by atoms with Gasteiger partial charge in [0.2, 0.25) is 5.91 Å². The van der Waals surface area contributed by atoms with E-state index in [9.17, 15) is 4.79 Å². The van der Waals surface area contributed by atoms with E-state index < -0.39 is 0 Å². The van der Waals surface area contributed by atoms with Crippen molar-refractivity contribution >= 4 is 5.91 Å². The van der Waals surface area contributed by atoms with E-state index in [-0.39, 0.29) is 17.7 Å². The molecule has 4 rings (SSSR count). The van der Waals surface area contributed by atoms with Crippen LogP contribution in [0.2, 0.25) is 0 Å². The van der Waals surface area contributed by atoms with Crippen LogP contribution in [0.15, 0.2) is 33.4 Å². The minimum absolute atomic E-state index is 0.117. The number of amides is 1. The molecule has 0 N–H and O–H groups in total. The average Bonchev–Trinajstić information content (AvgIpc) is 2.96. The van der Waals surface area contributed by atoms with Crippen molar-refractivity contribution in [3.63, 3.8) is 0 Å². The lowest BCUT2D eigenvalue weighted by Gasteiger charge is -2.34. The fourth-order valence-corrected chi connectivity index (χ4v) is 3.37. The number of nitrogens with zero attached hydrogens (tertiary/aromatic N) is 3. The summed E-state index contributed by atoms with van der Waals surface area (Å²) in [6.07, 6.45) is 2.60. The summed E-state index contributed by atoms with van der Waals surface area (Å²) in [7, 11) is 0. The van der Waals surface area contributed by atoms with Crippen LogP contribution in [0.25, 0.3) is 0 Å². The maximum Gasteiger partial charge on any atom is 0.226 e. The normalized spacial score (nSPS) is 24.8. The molecule has 2 fully saturated rings. The third-order valence-electron chi connectivity index (χ3n) is 4.76. The van der Waals surface area contributed by atoms with Crippen LogP contribution in [-0.4, -0.2) is 47.0 Å². The van der Waals surface area contributed by atoms with Crippen LogP contribution in [0.3, 0.4) is 0 Å². The number of carbonyl (C=O) groups excluding carboxylic acids is 1. The molecular formula is C17H21N3O3. The lowest BCUT2D eigenvalue weighted by molar-refractivity contribution is -0.134. The van der Waals surface area contributed by atoms with Gasteiger partial charge in [-0.05, 0) is 25.5 Å². The van der Waals surface area contributed by atoms with Crippen molar-refractivity contribution in [3.8, 4) is 0 Å².